The van der Waals surface area contributed by atoms with Gasteiger partial charge in [-0.2, -0.15) is 0 Å². The Labute approximate surface area is 92.8 Å². The Morgan fingerprint density at radius 3 is 2.00 bits per heavy atom. The molecule has 0 rings (SSSR count). The molecule has 1 N–H and O–H groups in total. The number of carboxylic acid groups (broad SMARTS) is 1. The van der Waals surface area contributed by atoms with Gasteiger partial charge in [-0.3, -0.25) is 0 Å². The summed E-state index contributed by atoms with van der Waals surface area (Å²) in [6.45, 7) is 9.89. The van der Waals surface area contributed by atoms with Crippen LogP contribution in [0.3, 0.4) is 0 Å². The maximum atomic E-state index is 11.2. The molecule has 0 bridgehead atoms. The highest BCUT2D eigenvalue weighted by atomic mass is 16.5. The molecule has 0 spiro atoms. The molecule has 3 heteroatoms. The molecule has 0 aromatic rings. The highest BCUT2D eigenvalue weighted by Gasteiger charge is 2.37. The fraction of sp³-hybridized carbons (Fsp3) is 0.917. The van der Waals surface area contributed by atoms with E-state index in [1.165, 1.54) is 0 Å². The van der Waals surface area contributed by atoms with Gasteiger partial charge >= 0.3 is 5.97 Å². The van der Waals surface area contributed by atoms with E-state index in [9.17, 15) is 9.90 Å². The predicted octanol–water partition coefficient (Wildman–Crippen LogP) is 3.08. The number of aliphatic carboxylic acids is 1. The number of rotatable bonds is 7. The standard InChI is InChI=1S/C12H24O3/c1-6-12(7-2,11(13)14)15-10(5)8-9(3)4/h9-10H,6-8H2,1-5H3,(H,13,14). The van der Waals surface area contributed by atoms with Gasteiger partial charge in [0.15, 0.2) is 5.60 Å². The molecule has 0 saturated carbocycles. The average molecular weight is 216 g/mol. The molecule has 0 aliphatic carbocycles. The van der Waals surface area contributed by atoms with Crippen molar-refractivity contribution >= 4 is 5.97 Å². The summed E-state index contributed by atoms with van der Waals surface area (Å²) in [7, 11) is 0. The van der Waals surface area contributed by atoms with Crippen LogP contribution in [0.2, 0.25) is 0 Å². The second-order valence-electron chi connectivity index (χ2n) is 4.56. The zero-order chi connectivity index (χ0) is 12.1. The molecular weight excluding hydrogens is 192 g/mol. The van der Waals surface area contributed by atoms with E-state index in [1.807, 2.05) is 20.8 Å². The summed E-state index contributed by atoms with van der Waals surface area (Å²) in [4.78, 5) is 11.2. The smallest absolute Gasteiger partial charge is 0.335 e. The van der Waals surface area contributed by atoms with Crippen molar-refractivity contribution in [3.8, 4) is 0 Å². The van der Waals surface area contributed by atoms with E-state index < -0.39 is 11.6 Å². The van der Waals surface area contributed by atoms with Crippen molar-refractivity contribution in [1.29, 1.82) is 0 Å². The molecule has 0 radical (unpaired) electrons. The minimum atomic E-state index is -0.992. The predicted molar refractivity (Wildman–Crippen MR) is 61.0 cm³/mol. The molecule has 0 fully saturated rings. The lowest BCUT2D eigenvalue weighted by molar-refractivity contribution is -0.175. The number of hydrogen-bond acceptors (Lipinski definition) is 2. The monoisotopic (exact) mass is 216 g/mol. The SMILES string of the molecule is CCC(CC)(OC(C)CC(C)C)C(=O)O. The summed E-state index contributed by atoms with van der Waals surface area (Å²) in [6, 6.07) is 0. The second-order valence-corrected chi connectivity index (χ2v) is 4.56. The van der Waals surface area contributed by atoms with Gasteiger partial charge in [-0.1, -0.05) is 27.7 Å². The Hall–Kier alpha value is -0.570. The fourth-order valence-electron chi connectivity index (χ4n) is 1.87. The van der Waals surface area contributed by atoms with E-state index in [2.05, 4.69) is 13.8 Å². The van der Waals surface area contributed by atoms with Gasteiger partial charge in [0.05, 0.1) is 6.10 Å². The second kappa shape index (κ2) is 6.11. The Morgan fingerprint density at radius 2 is 1.73 bits per heavy atom. The summed E-state index contributed by atoms with van der Waals surface area (Å²) in [5, 5.41) is 9.18. The number of ether oxygens (including phenoxy) is 1. The summed E-state index contributed by atoms with van der Waals surface area (Å²) in [6.07, 6.45) is 1.93. The average Bonchev–Trinajstić information content (AvgIpc) is 2.12. The first-order valence-electron chi connectivity index (χ1n) is 5.79. The maximum Gasteiger partial charge on any atom is 0.335 e. The van der Waals surface area contributed by atoms with Gasteiger partial charge in [0.2, 0.25) is 0 Å². The van der Waals surface area contributed by atoms with Crippen LogP contribution in [0.4, 0.5) is 0 Å². The first-order chi connectivity index (χ1) is 6.88. The third-order valence-electron chi connectivity index (χ3n) is 2.76. The van der Waals surface area contributed by atoms with Crippen molar-refractivity contribution < 1.29 is 14.6 Å². The summed E-state index contributed by atoms with van der Waals surface area (Å²) >= 11 is 0. The maximum absolute atomic E-state index is 11.2. The highest BCUT2D eigenvalue weighted by Crippen LogP contribution is 2.24. The van der Waals surface area contributed by atoms with E-state index in [0.717, 1.165) is 6.42 Å². The molecule has 0 aliphatic heterocycles. The first-order valence-corrected chi connectivity index (χ1v) is 5.79. The van der Waals surface area contributed by atoms with Crippen molar-refractivity contribution in [3.05, 3.63) is 0 Å². The number of hydrogen-bond donors (Lipinski definition) is 1. The molecule has 90 valence electrons. The third kappa shape index (κ3) is 4.20. The molecule has 0 aliphatic rings. The highest BCUT2D eigenvalue weighted by molar-refractivity contribution is 5.77. The minimum Gasteiger partial charge on any atom is -0.479 e. The van der Waals surface area contributed by atoms with Gasteiger partial charge in [-0.05, 0) is 32.1 Å². The van der Waals surface area contributed by atoms with Crippen LogP contribution in [0.1, 0.15) is 53.9 Å². The van der Waals surface area contributed by atoms with Crippen LogP contribution in [-0.2, 0) is 9.53 Å². The van der Waals surface area contributed by atoms with Crippen LogP contribution in [-0.4, -0.2) is 22.8 Å². The molecule has 1 unspecified atom stereocenters. The molecule has 1 atom stereocenters. The van der Waals surface area contributed by atoms with Gasteiger partial charge in [-0.25, -0.2) is 4.79 Å². The third-order valence-corrected chi connectivity index (χ3v) is 2.76. The zero-order valence-electron chi connectivity index (χ0n) is 10.5. The van der Waals surface area contributed by atoms with E-state index in [1.54, 1.807) is 0 Å². The van der Waals surface area contributed by atoms with Crippen LogP contribution >= 0.6 is 0 Å². The van der Waals surface area contributed by atoms with Crippen LogP contribution in [0.15, 0.2) is 0 Å². The van der Waals surface area contributed by atoms with Crippen LogP contribution < -0.4 is 0 Å². The Kier molecular flexibility index (Phi) is 5.88. The van der Waals surface area contributed by atoms with Crippen LogP contribution in [0, 0.1) is 5.92 Å². The lowest BCUT2D eigenvalue weighted by Gasteiger charge is -2.31. The molecule has 0 heterocycles. The van der Waals surface area contributed by atoms with Crippen LogP contribution in [0.5, 0.6) is 0 Å². The number of carbonyl (C=O) groups is 1. The van der Waals surface area contributed by atoms with Gasteiger partial charge in [-0.15, -0.1) is 0 Å². The summed E-state index contributed by atoms with van der Waals surface area (Å²) in [5.74, 6) is -0.316. The molecule has 0 saturated heterocycles. The largest absolute Gasteiger partial charge is 0.479 e. The summed E-state index contributed by atoms with van der Waals surface area (Å²) < 4.78 is 5.71. The van der Waals surface area contributed by atoms with E-state index in [0.29, 0.717) is 18.8 Å². The minimum absolute atomic E-state index is 0.000926. The molecule has 15 heavy (non-hydrogen) atoms. The van der Waals surface area contributed by atoms with Gasteiger partial charge < -0.3 is 9.84 Å². The zero-order valence-corrected chi connectivity index (χ0v) is 10.5. The van der Waals surface area contributed by atoms with E-state index in [4.69, 9.17) is 4.74 Å². The van der Waals surface area contributed by atoms with Crippen molar-refractivity contribution in [2.24, 2.45) is 5.92 Å². The number of carboxylic acids is 1. The fourth-order valence-corrected chi connectivity index (χ4v) is 1.87. The Balaban J connectivity index is 4.47. The molecule has 0 aromatic heterocycles. The summed E-state index contributed by atoms with van der Waals surface area (Å²) in [5.41, 5.74) is -0.992. The quantitative estimate of drug-likeness (QED) is 0.711. The lowest BCUT2D eigenvalue weighted by atomic mass is 9.96. The van der Waals surface area contributed by atoms with Crippen molar-refractivity contribution in [2.45, 2.75) is 65.6 Å². The lowest BCUT2D eigenvalue weighted by Crippen LogP contribution is -2.43. The topological polar surface area (TPSA) is 46.5 Å². The van der Waals surface area contributed by atoms with E-state index in [-0.39, 0.29) is 6.10 Å². The normalized spacial score (nSPS) is 14.3. The van der Waals surface area contributed by atoms with Crippen LogP contribution in [0.25, 0.3) is 0 Å². The van der Waals surface area contributed by atoms with Gasteiger partial charge in [0.1, 0.15) is 0 Å². The first kappa shape index (κ1) is 14.4. The van der Waals surface area contributed by atoms with Gasteiger partial charge in [0.25, 0.3) is 0 Å². The molecule has 0 amide bonds. The van der Waals surface area contributed by atoms with Crippen molar-refractivity contribution in [2.75, 3.05) is 0 Å². The van der Waals surface area contributed by atoms with Gasteiger partial charge in [0, 0.05) is 0 Å². The molecule has 3 nitrogen and oxygen atoms in total. The Bertz CT molecular complexity index is 195. The molecule has 0 aromatic carbocycles. The molecular formula is C12H24O3. The van der Waals surface area contributed by atoms with Crippen molar-refractivity contribution in [1.82, 2.24) is 0 Å². The van der Waals surface area contributed by atoms with Crippen molar-refractivity contribution in [3.63, 3.8) is 0 Å². The van der Waals surface area contributed by atoms with E-state index >= 15 is 0 Å². The Morgan fingerprint density at radius 1 is 1.27 bits per heavy atom.